The van der Waals surface area contributed by atoms with Crippen molar-refractivity contribution in [2.45, 2.75) is 6.10 Å². The van der Waals surface area contributed by atoms with Crippen LogP contribution in [0.15, 0.2) is 41.0 Å². The fourth-order valence-electron chi connectivity index (χ4n) is 1.45. The Morgan fingerprint density at radius 2 is 2.24 bits per heavy atom. The number of aliphatic hydroxyl groups excluding tert-OH is 1. The van der Waals surface area contributed by atoms with Gasteiger partial charge in [-0.3, -0.25) is 0 Å². The summed E-state index contributed by atoms with van der Waals surface area (Å²) in [5, 5.41) is 12.9. The monoisotopic (exact) mass is 255 g/mol. The van der Waals surface area contributed by atoms with Crippen molar-refractivity contribution in [2.75, 3.05) is 11.9 Å². The van der Waals surface area contributed by atoms with Gasteiger partial charge in [0.2, 0.25) is 0 Å². The predicted octanol–water partition coefficient (Wildman–Crippen LogP) is 3.22. The average molecular weight is 256 g/mol. The summed E-state index contributed by atoms with van der Waals surface area (Å²) in [5.74, 6) is 0.0347. The molecule has 0 fully saturated rings. The number of halogens is 2. The average Bonchev–Trinajstić information content (AvgIpc) is 2.78. The van der Waals surface area contributed by atoms with E-state index >= 15 is 0 Å². The Morgan fingerprint density at radius 3 is 2.88 bits per heavy atom. The minimum Gasteiger partial charge on any atom is -0.467 e. The highest BCUT2D eigenvalue weighted by molar-refractivity contribution is 6.30. The van der Waals surface area contributed by atoms with Crippen LogP contribution in [0.4, 0.5) is 10.1 Å². The standard InChI is InChI=1S/C12H11ClFNO2/c13-8-4-9(14)6-10(5-8)15-7-11(16)12-2-1-3-17-12/h1-6,11,15-16H,7H2. The fraction of sp³-hybridized carbons (Fsp3) is 0.167. The van der Waals surface area contributed by atoms with E-state index in [4.69, 9.17) is 16.0 Å². The number of hydrogen-bond donors (Lipinski definition) is 2. The Hall–Kier alpha value is -1.52. The van der Waals surface area contributed by atoms with E-state index in [1.54, 1.807) is 18.2 Å². The van der Waals surface area contributed by atoms with E-state index in [-0.39, 0.29) is 6.54 Å². The predicted molar refractivity (Wildman–Crippen MR) is 63.6 cm³/mol. The first-order valence-electron chi connectivity index (χ1n) is 5.06. The van der Waals surface area contributed by atoms with Crippen LogP contribution in [0.3, 0.4) is 0 Å². The molecule has 90 valence electrons. The molecule has 0 aliphatic carbocycles. The lowest BCUT2D eigenvalue weighted by atomic mass is 10.2. The molecule has 1 heterocycles. The van der Waals surface area contributed by atoms with Crippen LogP contribution in [-0.4, -0.2) is 11.7 Å². The summed E-state index contributed by atoms with van der Waals surface area (Å²) in [4.78, 5) is 0. The van der Waals surface area contributed by atoms with Crippen molar-refractivity contribution >= 4 is 17.3 Å². The van der Waals surface area contributed by atoms with Crippen molar-refractivity contribution in [3.8, 4) is 0 Å². The number of furan rings is 1. The topological polar surface area (TPSA) is 45.4 Å². The van der Waals surface area contributed by atoms with Gasteiger partial charge in [0, 0.05) is 17.3 Å². The second-order valence-electron chi connectivity index (χ2n) is 3.57. The van der Waals surface area contributed by atoms with Crippen LogP contribution in [0.25, 0.3) is 0 Å². The molecule has 0 aliphatic rings. The van der Waals surface area contributed by atoms with Crippen LogP contribution >= 0.6 is 11.6 Å². The summed E-state index contributed by atoms with van der Waals surface area (Å²) in [5.41, 5.74) is 0.514. The van der Waals surface area contributed by atoms with Crippen LogP contribution in [0.5, 0.6) is 0 Å². The summed E-state index contributed by atoms with van der Waals surface area (Å²) >= 11 is 5.70. The molecule has 0 radical (unpaired) electrons. The van der Waals surface area contributed by atoms with Crippen molar-refractivity contribution in [1.29, 1.82) is 0 Å². The molecule has 1 aromatic carbocycles. The molecule has 0 saturated heterocycles. The highest BCUT2D eigenvalue weighted by Crippen LogP contribution is 2.19. The molecular formula is C12H11ClFNO2. The van der Waals surface area contributed by atoms with Crippen LogP contribution in [0.2, 0.25) is 5.02 Å². The molecule has 3 nitrogen and oxygen atoms in total. The van der Waals surface area contributed by atoms with Crippen molar-refractivity contribution < 1.29 is 13.9 Å². The molecule has 2 aromatic rings. The molecule has 2 N–H and O–H groups in total. The highest BCUT2D eigenvalue weighted by atomic mass is 35.5. The summed E-state index contributed by atoms with van der Waals surface area (Å²) in [7, 11) is 0. The van der Waals surface area contributed by atoms with Crippen LogP contribution < -0.4 is 5.32 Å². The lowest BCUT2D eigenvalue weighted by Crippen LogP contribution is -2.11. The molecule has 1 atom stereocenters. The smallest absolute Gasteiger partial charge is 0.134 e. The van der Waals surface area contributed by atoms with E-state index in [0.29, 0.717) is 16.5 Å². The number of nitrogens with one attached hydrogen (secondary N) is 1. The van der Waals surface area contributed by atoms with E-state index < -0.39 is 11.9 Å². The van der Waals surface area contributed by atoms with Gasteiger partial charge in [0.25, 0.3) is 0 Å². The van der Waals surface area contributed by atoms with Gasteiger partial charge in [0.05, 0.1) is 6.26 Å². The Kier molecular flexibility index (Phi) is 3.66. The molecular weight excluding hydrogens is 245 g/mol. The van der Waals surface area contributed by atoms with Crippen molar-refractivity contribution in [1.82, 2.24) is 0 Å². The second-order valence-corrected chi connectivity index (χ2v) is 4.01. The Morgan fingerprint density at radius 1 is 1.41 bits per heavy atom. The van der Waals surface area contributed by atoms with E-state index in [2.05, 4.69) is 5.32 Å². The van der Waals surface area contributed by atoms with Gasteiger partial charge in [-0.1, -0.05) is 11.6 Å². The van der Waals surface area contributed by atoms with Gasteiger partial charge in [-0.2, -0.15) is 0 Å². The Balaban J connectivity index is 1.98. The molecule has 0 amide bonds. The molecule has 17 heavy (non-hydrogen) atoms. The number of anilines is 1. The first-order chi connectivity index (χ1) is 8.15. The maximum Gasteiger partial charge on any atom is 0.134 e. The Bertz CT molecular complexity index is 467. The minimum atomic E-state index is -0.785. The Labute approximate surface area is 103 Å². The first kappa shape index (κ1) is 12.0. The van der Waals surface area contributed by atoms with Crippen LogP contribution in [0.1, 0.15) is 11.9 Å². The number of rotatable bonds is 4. The fourth-order valence-corrected chi connectivity index (χ4v) is 1.67. The third-order valence-corrected chi connectivity index (χ3v) is 2.45. The molecule has 0 saturated carbocycles. The van der Waals surface area contributed by atoms with E-state index in [0.717, 1.165) is 0 Å². The summed E-state index contributed by atoms with van der Waals surface area (Å²) in [6.07, 6.45) is 0.699. The third kappa shape index (κ3) is 3.22. The minimum absolute atomic E-state index is 0.216. The molecule has 5 heteroatoms. The second kappa shape index (κ2) is 5.21. The first-order valence-corrected chi connectivity index (χ1v) is 5.44. The number of aliphatic hydroxyl groups is 1. The van der Waals surface area contributed by atoms with Crippen molar-refractivity contribution in [3.05, 3.63) is 53.2 Å². The van der Waals surface area contributed by atoms with E-state index in [1.807, 2.05) is 0 Å². The lowest BCUT2D eigenvalue weighted by molar-refractivity contribution is 0.162. The van der Waals surface area contributed by atoms with Gasteiger partial charge < -0.3 is 14.8 Å². The molecule has 1 aromatic heterocycles. The third-order valence-electron chi connectivity index (χ3n) is 2.23. The van der Waals surface area contributed by atoms with Crippen LogP contribution in [0, 0.1) is 5.82 Å². The largest absolute Gasteiger partial charge is 0.467 e. The van der Waals surface area contributed by atoms with E-state index in [1.165, 1.54) is 18.4 Å². The quantitative estimate of drug-likeness (QED) is 0.882. The molecule has 1 unspecified atom stereocenters. The summed E-state index contributed by atoms with van der Waals surface area (Å²) in [6, 6.07) is 7.47. The van der Waals surface area contributed by atoms with Crippen LogP contribution in [-0.2, 0) is 0 Å². The van der Waals surface area contributed by atoms with E-state index in [9.17, 15) is 9.50 Å². The van der Waals surface area contributed by atoms with Gasteiger partial charge >= 0.3 is 0 Å². The van der Waals surface area contributed by atoms with Gasteiger partial charge in [-0.05, 0) is 30.3 Å². The molecule has 0 bridgehead atoms. The molecule has 0 aliphatic heterocycles. The number of benzene rings is 1. The normalized spacial score (nSPS) is 12.4. The molecule has 0 spiro atoms. The lowest BCUT2D eigenvalue weighted by Gasteiger charge is -2.11. The summed E-state index contributed by atoms with van der Waals surface area (Å²) in [6.45, 7) is 0.216. The zero-order valence-corrected chi connectivity index (χ0v) is 9.62. The zero-order valence-electron chi connectivity index (χ0n) is 8.86. The number of hydrogen-bond acceptors (Lipinski definition) is 3. The maximum atomic E-state index is 13.0. The summed E-state index contributed by atoms with van der Waals surface area (Å²) < 4.78 is 18.1. The van der Waals surface area contributed by atoms with Gasteiger partial charge in [-0.25, -0.2) is 4.39 Å². The van der Waals surface area contributed by atoms with Gasteiger partial charge in [-0.15, -0.1) is 0 Å². The van der Waals surface area contributed by atoms with Crippen molar-refractivity contribution in [3.63, 3.8) is 0 Å². The zero-order chi connectivity index (χ0) is 12.3. The SMILES string of the molecule is OC(CNc1cc(F)cc(Cl)c1)c1ccco1. The van der Waals surface area contributed by atoms with Crippen molar-refractivity contribution in [2.24, 2.45) is 0 Å². The van der Waals surface area contributed by atoms with Gasteiger partial charge in [0.15, 0.2) is 0 Å². The molecule has 2 rings (SSSR count). The maximum absolute atomic E-state index is 13.0. The highest BCUT2D eigenvalue weighted by Gasteiger charge is 2.10. The van der Waals surface area contributed by atoms with Gasteiger partial charge in [0.1, 0.15) is 17.7 Å².